The Labute approximate surface area is 98.0 Å². The van der Waals surface area contributed by atoms with Crippen LogP contribution in [0.4, 0.5) is 5.69 Å². The first-order valence-electron chi connectivity index (χ1n) is 4.95. The maximum Gasteiger partial charge on any atom is 0.333 e. The normalized spacial score (nSPS) is 12.1. The lowest BCUT2D eigenvalue weighted by molar-refractivity contribution is -0.386. The van der Waals surface area contributed by atoms with Gasteiger partial charge >= 0.3 is 5.97 Å². The number of rotatable bonds is 5. The van der Waals surface area contributed by atoms with Gasteiger partial charge in [-0.1, -0.05) is 18.2 Å². The third-order valence-corrected chi connectivity index (χ3v) is 2.47. The first kappa shape index (κ1) is 13.1. The van der Waals surface area contributed by atoms with E-state index >= 15 is 0 Å². The number of carboxylic acid groups (broad SMARTS) is 1. The van der Waals surface area contributed by atoms with Crippen molar-refractivity contribution in [3.63, 3.8) is 0 Å². The van der Waals surface area contributed by atoms with Crippen LogP contribution in [0.15, 0.2) is 18.2 Å². The molecule has 0 radical (unpaired) electrons. The molecule has 1 unspecified atom stereocenters. The van der Waals surface area contributed by atoms with E-state index in [0.717, 1.165) is 0 Å². The van der Waals surface area contributed by atoms with Gasteiger partial charge in [-0.2, -0.15) is 0 Å². The molecule has 0 saturated heterocycles. The highest BCUT2D eigenvalue weighted by Crippen LogP contribution is 2.24. The Bertz CT molecular complexity index is 443. The predicted molar refractivity (Wildman–Crippen MR) is 60.0 cm³/mol. The fourth-order valence-electron chi connectivity index (χ4n) is 1.62. The van der Waals surface area contributed by atoms with Crippen molar-refractivity contribution in [2.45, 2.75) is 19.4 Å². The summed E-state index contributed by atoms with van der Waals surface area (Å²) in [6.07, 6.45) is -1.10. The second-order valence-electron chi connectivity index (χ2n) is 3.61. The molecule has 1 atom stereocenters. The van der Waals surface area contributed by atoms with Crippen LogP contribution in [-0.2, 0) is 16.0 Å². The summed E-state index contributed by atoms with van der Waals surface area (Å²) in [5.41, 5.74) is 0.827. The van der Waals surface area contributed by atoms with Crippen molar-refractivity contribution in [3.05, 3.63) is 39.4 Å². The zero-order valence-corrected chi connectivity index (χ0v) is 9.54. The maximum absolute atomic E-state index is 10.9. The number of ether oxygens (including phenoxy) is 1. The molecule has 6 nitrogen and oxygen atoms in total. The Morgan fingerprint density at radius 3 is 2.71 bits per heavy atom. The van der Waals surface area contributed by atoms with E-state index in [1.165, 1.54) is 7.11 Å². The van der Waals surface area contributed by atoms with Crippen LogP contribution < -0.4 is 0 Å². The van der Waals surface area contributed by atoms with Crippen molar-refractivity contribution in [1.29, 1.82) is 0 Å². The molecule has 1 rings (SSSR count). The highest BCUT2D eigenvalue weighted by Gasteiger charge is 2.23. The number of nitro benzene ring substituents is 1. The van der Waals surface area contributed by atoms with Crippen LogP contribution in [0.2, 0.25) is 0 Å². The van der Waals surface area contributed by atoms with Gasteiger partial charge in [-0.05, 0) is 6.92 Å². The number of carbonyl (C=O) groups is 1. The third-order valence-electron chi connectivity index (χ3n) is 2.47. The largest absolute Gasteiger partial charge is 0.479 e. The van der Waals surface area contributed by atoms with Crippen LogP contribution in [0, 0.1) is 17.0 Å². The van der Waals surface area contributed by atoms with Gasteiger partial charge < -0.3 is 9.84 Å². The highest BCUT2D eigenvalue weighted by molar-refractivity contribution is 5.73. The van der Waals surface area contributed by atoms with Crippen LogP contribution >= 0.6 is 0 Å². The number of aryl methyl sites for hydroxylation is 1. The average molecular weight is 239 g/mol. The molecule has 17 heavy (non-hydrogen) atoms. The molecule has 0 aliphatic carbocycles. The SMILES string of the molecule is COC(Cc1cccc(C)c1[N+](=O)[O-])C(=O)O. The Morgan fingerprint density at radius 1 is 1.59 bits per heavy atom. The Hall–Kier alpha value is -1.95. The number of carboxylic acids is 1. The number of nitro groups is 1. The minimum Gasteiger partial charge on any atom is -0.479 e. The molecule has 0 fully saturated rings. The van der Waals surface area contributed by atoms with E-state index in [1.807, 2.05) is 0 Å². The van der Waals surface area contributed by atoms with Crippen molar-refractivity contribution in [2.75, 3.05) is 7.11 Å². The Morgan fingerprint density at radius 2 is 2.24 bits per heavy atom. The summed E-state index contributed by atoms with van der Waals surface area (Å²) in [6.45, 7) is 1.62. The average Bonchev–Trinajstić information content (AvgIpc) is 2.24. The van der Waals surface area contributed by atoms with E-state index in [0.29, 0.717) is 11.1 Å². The number of nitrogens with zero attached hydrogens (tertiary/aromatic N) is 1. The summed E-state index contributed by atoms with van der Waals surface area (Å²) in [5.74, 6) is -1.14. The summed E-state index contributed by atoms with van der Waals surface area (Å²) < 4.78 is 4.77. The molecule has 1 N–H and O–H groups in total. The van der Waals surface area contributed by atoms with E-state index < -0.39 is 17.0 Å². The Balaban J connectivity index is 3.10. The lowest BCUT2D eigenvalue weighted by atomic mass is 10.0. The molecule has 0 amide bonds. The predicted octanol–water partition coefficient (Wildman–Crippen LogP) is 1.55. The molecule has 92 valence electrons. The quantitative estimate of drug-likeness (QED) is 0.621. The van der Waals surface area contributed by atoms with Crippen molar-refractivity contribution >= 4 is 11.7 Å². The lowest BCUT2D eigenvalue weighted by Crippen LogP contribution is -2.25. The van der Waals surface area contributed by atoms with E-state index in [4.69, 9.17) is 9.84 Å². The van der Waals surface area contributed by atoms with E-state index in [2.05, 4.69) is 0 Å². The van der Waals surface area contributed by atoms with Crippen LogP contribution in [-0.4, -0.2) is 29.2 Å². The van der Waals surface area contributed by atoms with Gasteiger partial charge in [0.1, 0.15) is 0 Å². The van der Waals surface area contributed by atoms with Gasteiger partial charge in [-0.15, -0.1) is 0 Å². The summed E-state index contributed by atoms with van der Waals surface area (Å²) in [4.78, 5) is 21.2. The molecule has 0 heterocycles. The number of aliphatic carboxylic acids is 1. The van der Waals surface area contributed by atoms with Gasteiger partial charge in [0.05, 0.1) is 4.92 Å². The number of methoxy groups -OCH3 is 1. The standard InChI is InChI=1S/C11H13NO5/c1-7-4-3-5-8(10(7)12(15)16)6-9(17-2)11(13)14/h3-5,9H,6H2,1-2H3,(H,13,14). The smallest absolute Gasteiger partial charge is 0.333 e. The first-order valence-corrected chi connectivity index (χ1v) is 4.95. The zero-order chi connectivity index (χ0) is 13.0. The minimum absolute atomic E-state index is 0.0240. The summed E-state index contributed by atoms with van der Waals surface area (Å²) in [5, 5.41) is 19.7. The van der Waals surface area contributed by atoms with Crippen LogP contribution in [0.25, 0.3) is 0 Å². The fourth-order valence-corrected chi connectivity index (χ4v) is 1.62. The second kappa shape index (κ2) is 5.40. The van der Waals surface area contributed by atoms with Crippen molar-refractivity contribution < 1.29 is 19.6 Å². The summed E-state index contributed by atoms with van der Waals surface area (Å²) in [6, 6.07) is 4.82. The van der Waals surface area contributed by atoms with E-state index in [9.17, 15) is 14.9 Å². The van der Waals surface area contributed by atoms with Crippen LogP contribution in [0.1, 0.15) is 11.1 Å². The van der Waals surface area contributed by atoms with Gasteiger partial charge in [0, 0.05) is 24.7 Å². The van der Waals surface area contributed by atoms with Gasteiger partial charge in [-0.25, -0.2) is 4.79 Å². The molecule has 1 aromatic carbocycles. The van der Waals surface area contributed by atoms with E-state index in [1.54, 1.807) is 25.1 Å². The van der Waals surface area contributed by atoms with Crippen molar-refractivity contribution in [2.24, 2.45) is 0 Å². The highest BCUT2D eigenvalue weighted by atomic mass is 16.6. The van der Waals surface area contributed by atoms with Crippen molar-refractivity contribution in [3.8, 4) is 0 Å². The molecule has 0 aliphatic heterocycles. The molecule has 0 spiro atoms. The first-order chi connectivity index (χ1) is 7.97. The fraction of sp³-hybridized carbons (Fsp3) is 0.364. The molecule has 1 aromatic rings. The molecule has 0 bridgehead atoms. The van der Waals surface area contributed by atoms with Gasteiger partial charge in [0.25, 0.3) is 5.69 Å². The van der Waals surface area contributed by atoms with Crippen molar-refractivity contribution in [1.82, 2.24) is 0 Å². The summed E-state index contributed by atoms with van der Waals surface area (Å²) >= 11 is 0. The van der Waals surface area contributed by atoms with Crippen LogP contribution in [0.5, 0.6) is 0 Å². The Kier molecular flexibility index (Phi) is 4.17. The molecule has 0 saturated carbocycles. The van der Waals surface area contributed by atoms with E-state index in [-0.39, 0.29) is 12.1 Å². The van der Waals surface area contributed by atoms with Gasteiger partial charge in [0.2, 0.25) is 0 Å². The van der Waals surface area contributed by atoms with Gasteiger partial charge in [-0.3, -0.25) is 10.1 Å². The monoisotopic (exact) mass is 239 g/mol. The molecular formula is C11H13NO5. The number of para-hydroxylation sites is 1. The molecular weight excluding hydrogens is 226 g/mol. The lowest BCUT2D eigenvalue weighted by Gasteiger charge is -2.11. The molecule has 0 aromatic heterocycles. The zero-order valence-electron chi connectivity index (χ0n) is 9.54. The number of benzene rings is 1. The summed E-state index contributed by atoms with van der Waals surface area (Å²) in [7, 11) is 1.26. The minimum atomic E-state index is -1.14. The van der Waals surface area contributed by atoms with Gasteiger partial charge in [0.15, 0.2) is 6.10 Å². The molecule has 6 heteroatoms. The van der Waals surface area contributed by atoms with Crippen LogP contribution in [0.3, 0.4) is 0 Å². The molecule has 0 aliphatic rings. The topological polar surface area (TPSA) is 89.7 Å². The third kappa shape index (κ3) is 3.01. The maximum atomic E-state index is 10.9. The number of hydrogen-bond acceptors (Lipinski definition) is 4. The number of hydrogen-bond donors (Lipinski definition) is 1. The second-order valence-corrected chi connectivity index (χ2v) is 3.61.